The molecule has 1 aromatic heterocycles. The van der Waals surface area contributed by atoms with Crippen LogP contribution in [0.15, 0.2) is 12.3 Å². The van der Waals surface area contributed by atoms with Gasteiger partial charge in [0.15, 0.2) is 0 Å². The van der Waals surface area contributed by atoms with E-state index in [1.165, 1.54) is 32.1 Å². The zero-order valence-electron chi connectivity index (χ0n) is 12.3. The second kappa shape index (κ2) is 8.04. The highest BCUT2D eigenvalue weighted by Gasteiger charge is 2.15. The zero-order chi connectivity index (χ0) is 14.2. The molecule has 0 radical (unpaired) electrons. The molecule has 0 saturated heterocycles. The standard InChI is InChI=1S/C15H25N3O2/c1-2-20-15(19)8-10-16-12-13-9-11-18(17-13)14-6-4-3-5-7-14/h9,11,14,16H,2-8,10,12H2,1H3. The van der Waals surface area contributed by atoms with Gasteiger partial charge < -0.3 is 10.1 Å². The summed E-state index contributed by atoms with van der Waals surface area (Å²) in [5, 5.41) is 7.86. The second-order valence-electron chi connectivity index (χ2n) is 5.31. The van der Waals surface area contributed by atoms with Crippen molar-refractivity contribution < 1.29 is 9.53 Å². The van der Waals surface area contributed by atoms with Gasteiger partial charge in [-0.3, -0.25) is 9.48 Å². The largest absolute Gasteiger partial charge is 0.466 e. The highest BCUT2D eigenvalue weighted by atomic mass is 16.5. The molecule has 0 atom stereocenters. The Morgan fingerprint density at radius 2 is 2.25 bits per heavy atom. The molecule has 1 aliphatic carbocycles. The molecule has 0 unspecified atom stereocenters. The van der Waals surface area contributed by atoms with E-state index < -0.39 is 0 Å². The number of carbonyl (C=O) groups is 1. The Hall–Kier alpha value is -1.36. The molecular formula is C15H25N3O2. The van der Waals surface area contributed by atoms with E-state index in [2.05, 4.69) is 27.4 Å². The van der Waals surface area contributed by atoms with E-state index >= 15 is 0 Å². The number of nitrogens with zero attached hydrogens (tertiary/aromatic N) is 2. The van der Waals surface area contributed by atoms with Gasteiger partial charge in [0.2, 0.25) is 0 Å². The third-order valence-corrected chi connectivity index (χ3v) is 3.73. The summed E-state index contributed by atoms with van der Waals surface area (Å²) in [5.74, 6) is -0.146. The molecule has 0 aromatic carbocycles. The summed E-state index contributed by atoms with van der Waals surface area (Å²) in [6.07, 6.45) is 8.99. The molecule has 1 aliphatic rings. The molecule has 1 fully saturated rings. The van der Waals surface area contributed by atoms with Crippen molar-refractivity contribution in [3.63, 3.8) is 0 Å². The lowest BCUT2D eigenvalue weighted by Gasteiger charge is -2.21. The van der Waals surface area contributed by atoms with Crippen molar-refractivity contribution in [1.29, 1.82) is 0 Å². The first kappa shape index (κ1) is 15.0. The van der Waals surface area contributed by atoms with E-state index in [4.69, 9.17) is 4.74 Å². The van der Waals surface area contributed by atoms with Gasteiger partial charge in [-0.2, -0.15) is 5.10 Å². The van der Waals surface area contributed by atoms with Gasteiger partial charge in [-0.1, -0.05) is 19.3 Å². The summed E-state index contributed by atoms with van der Waals surface area (Å²) in [4.78, 5) is 11.2. The molecule has 1 saturated carbocycles. The maximum absolute atomic E-state index is 11.2. The molecule has 2 rings (SSSR count). The molecule has 5 heteroatoms. The fourth-order valence-electron chi connectivity index (χ4n) is 2.66. The monoisotopic (exact) mass is 279 g/mol. The normalized spacial score (nSPS) is 16.2. The minimum atomic E-state index is -0.146. The van der Waals surface area contributed by atoms with Gasteiger partial charge in [-0.05, 0) is 25.8 Å². The Morgan fingerprint density at radius 1 is 1.45 bits per heavy atom. The highest BCUT2D eigenvalue weighted by molar-refractivity contribution is 5.69. The van der Waals surface area contributed by atoms with Gasteiger partial charge in [0, 0.05) is 19.3 Å². The second-order valence-corrected chi connectivity index (χ2v) is 5.31. The molecule has 1 aromatic rings. The molecular weight excluding hydrogens is 254 g/mol. The van der Waals surface area contributed by atoms with E-state index in [9.17, 15) is 4.79 Å². The number of ether oxygens (including phenoxy) is 1. The van der Waals surface area contributed by atoms with Crippen molar-refractivity contribution in [2.24, 2.45) is 0 Å². The third-order valence-electron chi connectivity index (χ3n) is 3.73. The van der Waals surface area contributed by atoms with Gasteiger partial charge >= 0.3 is 5.97 Å². The maximum atomic E-state index is 11.2. The van der Waals surface area contributed by atoms with Crippen molar-refractivity contribution in [3.8, 4) is 0 Å². The number of hydrogen-bond acceptors (Lipinski definition) is 4. The Kier molecular flexibility index (Phi) is 6.05. The topological polar surface area (TPSA) is 56.1 Å². The lowest BCUT2D eigenvalue weighted by Crippen LogP contribution is -2.20. The van der Waals surface area contributed by atoms with Gasteiger partial charge in [-0.25, -0.2) is 0 Å². The summed E-state index contributed by atoms with van der Waals surface area (Å²) >= 11 is 0. The minimum absolute atomic E-state index is 0.146. The van der Waals surface area contributed by atoms with E-state index in [0.29, 0.717) is 32.2 Å². The van der Waals surface area contributed by atoms with Gasteiger partial charge in [0.25, 0.3) is 0 Å². The molecule has 112 valence electrons. The lowest BCUT2D eigenvalue weighted by atomic mass is 9.96. The molecule has 5 nitrogen and oxygen atoms in total. The Balaban J connectivity index is 1.68. The van der Waals surface area contributed by atoms with Crippen molar-refractivity contribution >= 4 is 5.97 Å². The molecule has 1 heterocycles. The first-order chi connectivity index (χ1) is 9.79. The van der Waals surface area contributed by atoms with Crippen LogP contribution in [0.25, 0.3) is 0 Å². The van der Waals surface area contributed by atoms with Crippen LogP contribution < -0.4 is 5.32 Å². The van der Waals surface area contributed by atoms with Crippen molar-refractivity contribution in [2.45, 2.75) is 58.0 Å². The number of esters is 1. The zero-order valence-corrected chi connectivity index (χ0v) is 12.3. The summed E-state index contributed by atoms with van der Waals surface area (Å²) in [6, 6.07) is 2.64. The molecule has 1 N–H and O–H groups in total. The van der Waals surface area contributed by atoms with Crippen LogP contribution in [-0.4, -0.2) is 28.9 Å². The summed E-state index contributed by atoms with van der Waals surface area (Å²) in [6.45, 7) is 3.61. The van der Waals surface area contributed by atoms with Gasteiger partial charge in [0.1, 0.15) is 0 Å². The average Bonchev–Trinajstić information content (AvgIpc) is 2.94. The average molecular weight is 279 g/mol. The third kappa shape index (κ3) is 4.63. The van der Waals surface area contributed by atoms with E-state index in [1.54, 1.807) is 0 Å². The van der Waals surface area contributed by atoms with Crippen LogP contribution in [0.5, 0.6) is 0 Å². The molecule has 0 amide bonds. The minimum Gasteiger partial charge on any atom is -0.466 e. The number of aromatic nitrogens is 2. The summed E-state index contributed by atoms with van der Waals surface area (Å²) in [5.41, 5.74) is 1.04. The van der Waals surface area contributed by atoms with Crippen LogP contribution in [0, 0.1) is 0 Å². The first-order valence-electron chi connectivity index (χ1n) is 7.70. The summed E-state index contributed by atoms with van der Waals surface area (Å²) in [7, 11) is 0. The molecule has 20 heavy (non-hydrogen) atoms. The van der Waals surface area contributed by atoms with Crippen LogP contribution in [0.3, 0.4) is 0 Å². The Morgan fingerprint density at radius 3 is 3.00 bits per heavy atom. The SMILES string of the molecule is CCOC(=O)CCNCc1ccn(C2CCCCC2)n1. The molecule has 0 aliphatic heterocycles. The van der Waals surface area contributed by atoms with Crippen molar-refractivity contribution in [2.75, 3.05) is 13.2 Å². The fourth-order valence-corrected chi connectivity index (χ4v) is 2.66. The smallest absolute Gasteiger partial charge is 0.307 e. The molecule has 0 spiro atoms. The maximum Gasteiger partial charge on any atom is 0.307 e. The lowest BCUT2D eigenvalue weighted by molar-refractivity contribution is -0.142. The molecule has 0 bridgehead atoms. The van der Waals surface area contributed by atoms with Crippen molar-refractivity contribution in [1.82, 2.24) is 15.1 Å². The van der Waals surface area contributed by atoms with Crippen LogP contribution in [-0.2, 0) is 16.1 Å². The van der Waals surface area contributed by atoms with E-state index in [1.807, 2.05) is 6.92 Å². The van der Waals surface area contributed by atoms with Crippen LogP contribution >= 0.6 is 0 Å². The van der Waals surface area contributed by atoms with Crippen LogP contribution in [0.1, 0.15) is 57.2 Å². The number of rotatable bonds is 7. The quantitative estimate of drug-likeness (QED) is 0.615. The highest BCUT2D eigenvalue weighted by Crippen LogP contribution is 2.27. The predicted molar refractivity (Wildman–Crippen MR) is 77.3 cm³/mol. The van der Waals surface area contributed by atoms with Crippen LogP contribution in [0.4, 0.5) is 0 Å². The van der Waals surface area contributed by atoms with E-state index in [-0.39, 0.29) is 5.97 Å². The Labute approximate surface area is 120 Å². The van der Waals surface area contributed by atoms with Crippen LogP contribution in [0.2, 0.25) is 0 Å². The predicted octanol–water partition coefficient (Wildman–Crippen LogP) is 2.43. The Bertz CT molecular complexity index is 411. The first-order valence-corrected chi connectivity index (χ1v) is 7.70. The summed E-state index contributed by atoms with van der Waals surface area (Å²) < 4.78 is 6.99. The number of carbonyl (C=O) groups excluding carboxylic acids is 1. The number of hydrogen-bond donors (Lipinski definition) is 1. The number of nitrogens with one attached hydrogen (secondary N) is 1. The van der Waals surface area contributed by atoms with Crippen molar-refractivity contribution in [3.05, 3.63) is 18.0 Å². The van der Waals surface area contributed by atoms with E-state index in [0.717, 1.165) is 5.69 Å². The van der Waals surface area contributed by atoms with Gasteiger partial charge in [-0.15, -0.1) is 0 Å². The fraction of sp³-hybridized carbons (Fsp3) is 0.733. The van der Waals surface area contributed by atoms with Gasteiger partial charge in [0.05, 0.1) is 24.8 Å².